The molecule has 1 heterocycles. The second-order valence-electron chi connectivity index (χ2n) is 5.80. The molecule has 2 aliphatic rings. The monoisotopic (exact) mass is 262 g/mol. The summed E-state index contributed by atoms with van der Waals surface area (Å²) in [6.07, 6.45) is 2.68. The highest BCUT2D eigenvalue weighted by atomic mass is 32.2. The van der Waals surface area contributed by atoms with E-state index in [4.69, 9.17) is 5.73 Å². The summed E-state index contributed by atoms with van der Waals surface area (Å²) >= 11 is 2.09. The van der Waals surface area contributed by atoms with Gasteiger partial charge in [-0.15, -0.1) is 0 Å². The SMILES string of the molecule is CC1CSCCN1CC1(c2ccc(N)cc2)CC1. The fraction of sp³-hybridized carbons (Fsp3) is 0.600. The summed E-state index contributed by atoms with van der Waals surface area (Å²) < 4.78 is 0. The van der Waals surface area contributed by atoms with E-state index in [2.05, 4.69) is 35.7 Å². The Balaban J connectivity index is 1.73. The Morgan fingerprint density at radius 3 is 2.67 bits per heavy atom. The number of benzene rings is 1. The zero-order valence-corrected chi connectivity index (χ0v) is 11.9. The highest BCUT2D eigenvalue weighted by Gasteiger charge is 2.46. The molecule has 2 nitrogen and oxygen atoms in total. The highest BCUT2D eigenvalue weighted by Crippen LogP contribution is 2.49. The molecule has 0 radical (unpaired) electrons. The van der Waals surface area contributed by atoms with Gasteiger partial charge in [0.25, 0.3) is 0 Å². The van der Waals surface area contributed by atoms with Crippen molar-refractivity contribution >= 4 is 17.4 Å². The van der Waals surface area contributed by atoms with Crippen LogP contribution in [0.1, 0.15) is 25.3 Å². The van der Waals surface area contributed by atoms with Crippen LogP contribution in [0.5, 0.6) is 0 Å². The Hall–Kier alpha value is -0.670. The van der Waals surface area contributed by atoms with Gasteiger partial charge in [0, 0.05) is 41.7 Å². The molecule has 18 heavy (non-hydrogen) atoms. The summed E-state index contributed by atoms with van der Waals surface area (Å²) in [6, 6.07) is 9.28. The molecule has 1 atom stereocenters. The maximum Gasteiger partial charge on any atom is 0.0314 e. The fourth-order valence-corrected chi connectivity index (χ4v) is 3.99. The molecule has 1 aliphatic heterocycles. The molecule has 1 aliphatic carbocycles. The zero-order chi connectivity index (χ0) is 12.6. The predicted molar refractivity (Wildman–Crippen MR) is 80.1 cm³/mol. The summed E-state index contributed by atoms with van der Waals surface area (Å²) in [5, 5.41) is 0. The van der Waals surface area contributed by atoms with Crippen molar-refractivity contribution in [1.29, 1.82) is 0 Å². The van der Waals surface area contributed by atoms with Crippen LogP contribution in [-0.4, -0.2) is 35.5 Å². The second-order valence-corrected chi connectivity index (χ2v) is 6.95. The highest BCUT2D eigenvalue weighted by molar-refractivity contribution is 7.99. The Labute approximate surface area is 114 Å². The number of nitrogens with two attached hydrogens (primary N) is 1. The molecule has 1 aromatic rings. The van der Waals surface area contributed by atoms with Gasteiger partial charge in [-0.25, -0.2) is 0 Å². The summed E-state index contributed by atoms with van der Waals surface area (Å²) in [5.74, 6) is 2.58. The van der Waals surface area contributed by atoms with Crippen LogP contribution in [0.2, 0.25) is 0 Å². The molecule has 98 valence electrons. The van der Waals surface area contributed by atoms with Crippen molar-refractivity contribution < 1.29 is 0 Å². The van der Waals surface area contributed by atoms with Gasteiger partial charge in [0.15, 0.2) is 0 Å². The third-order valence-electron chi connectivity index (χ3n) is 4.39. The van der Waals surface area contributed by atoms with Gasteiger partial charge >= 0.3 is 0 Å². The van der Waals surface area contributed by atoms with Crippen LogP contribution in [0.15, 0.2) is 24.3 Å². The van der Waals surface area contributed by atoms with Gasteiger partial charge in [0.05, 0.1) is 0 Å². The van der Waals surface area contributed by atoms with Crippen LogP contribution in [0, 0.1) is 0 Å². The minimum atomic E-state index is 0.434. The quantitative estimate of drug-likeness (QED) is 0.849. The lowest BCUT2D eigenvalue weighted by Gasteiger charge is -2.36. The first-order chi connectivity index (χ1) is 8.70. The lowest BCUT2D eigenvalue weighted by molar-refractivity contribution is 0.211. The molecule has 1 saturated carbocycles. The van der Waals surface area contributed by atoms with E-state index in [0.29, 0.717) is 5.41 Å². The van der Waals surface area contributed by atoms with E-state index >= 15 is 0 Å². The second kappa shape index (κ2) is 4.78. The van der Waals surface area contributed by atoms with Crippen molar-refractivity contribution in [2.45, 2.75) is 31.2 Å². The predicted octanol–water partition coefficient (Wildman–Crippen LogP) is 2.74. The van der Waals surface area contributed by atoms with Crippen LogP contribution in [-0.2, 0) is 5.41 Å². The first-order valence-corrected chi connectivity index (χ1v) is 8.03. The van der Waals surface area contributed by atoms with Gasteiger partial charge in [0.2, 0.25) is 0 Å². The molecule has 0 aromatic heterocycles. The maximum absolute atomic E-state index is 5.78. The summed E-state index contributed by atoms with van der Waals surface area (Å²) in [7, 11) is 0. The number of nitrogen functional groups attached to an aromatic ring is 1. The summed E-state index contributed by atoms with van der Waals surface area (Å²) in [4.78, 5) is 2.68. The topological polar surface area (TPSA) is 29.3 Å². The Bertz CT molecular complexity index is 411. The van der Waals surface area contributed by atoms with E-state index < -0.39 is 0 Å². The van der Waals surface area contributed by atoms with Crippen LogP contribution in [0.4, 0.5) is 5.69 Å². The van der Waals surface area contributed by atoms with E-state index in [-0.39, 0.29) is 0 Å². The molecule has 2 N–H and O–H groups in total. The van der Waals surface area contributed by atoms with Gasteiger partial charge in [-0.2, -0.15) is 11.8 Å². The lowest BCUT2D eigenvalue weighted by Crippen LogP contribution is -2.44. The summed E-state index contributed by atoms with van der Waals surface area (Å²) in [6.45, 7) is 4.85. The number of nitrogens with zero attached hydrogens (tertiary/aromatic N) is 1. The number of anilines is 1. The van der Waals surface area contributed by atoms with Gasteiger partial charge < -0.3 is 5.73 Å². The Morgan fingerprint density at radius 1 is 1.33 bits per heavy atom. The molecule has 0 amide bonds. The van der Waals surface area contributed by atoms with Crippen LogP contribution in [0.25, 0.3) is 0 Å². The van der Waals surface area contributed by atoms with Gasteiger partial charge in [-0.1, -0.05) is 12.1 Å². The van der Waals surface area contributed by atoms with Crippen molar-refractivity contribution in [2.75, 3.05) is 30.3 Å². The average molecular weight is 262 g/mol. The first-order valence-electron chi connectivity index (χ1n) is 6.87. The fourth-order valence-electron chi connectivity index (χ4n) is 2.91. The normalized spacial score (nSPS) is 27.1. The van der Waals surface area contributed by atoms with Crippen molar-refractivity contribution in [3.63, 3.8) is 0 Å². The first kappa shape index (κ1) is 12.4. The van der Waals surface area contributed by atoms with Crippen molar-refractivity contribution in [2.24, 2.45) is 0 Å². The van der Waals surface area contributed by atoms with E-state index in [1.54, 1.807) is 0 Å². The molecule has 0 bridgehead atoms. The van der Waals surface area contributed by atoms with Gasteiger partial charge in [0.1, 0.15) is 0 Å². The van der Waals surface area contributed by atoms with Crippen LogP contribution >= 0.6 is 11.8 Å². The lowest BCUT2D eigenvalue weighted by atomic mass is 9.94. The standard InChI is InChI=1S/C15H22N2S/c1-12-10-18-9-8-17(12)11-15(6-7-15)13-2-4-14(16)5-3-13/h2-5,12H,6-11,16H2,1H3. The number of hydrogen-bond donors (Lipinski definition) is 1. The van der Waals surface area contributed by atoms with Gasteiger partial charge in [-0.05, 0) is 37.5 Å². The van der Waals surface area contributed by atoms with E-state index in [1.807, 2.05) is 12.1 Å². The molecular weight excluding hydrogens is 240 g/mol. The Morgan fingerprint density at radius 2 is 2.06 bits per heavy atom. The molecule has 1 aromatic carbocycles. The number of thioether (sulfide) groups is 1. The van der Waals surface area contributed by atoms with E-state index in [0.717, 1.165) is 11.7 Å². The minimum absolute atomic E-state index is 0.434. The average Bonchev–Trinajstić information content (AvgIpc) is 3.14. The van der Waals surface area contributed by atoms with E-state index in [9.17, 15) is 0 Å². The van der Waals surface area contributed by atoms with Gasteiger partial charge in [-0.3, -0.25) is 4.90 Å². The summed E-state index contributed by atoms with van der Waals surface area (Å²) in [5.41, 5.74) is 8.58. The van der Waals surface area contributed by atoms with Crippen molar-refractivity contribution in [3.8, 4) is 0 Å². The molecule has 1 unspecified atom stereocenters. The van der Waals surface area contributed by atoms with Crippen molar-refractivity contribution in [1.82, 2.24) is 4.90 Å². The third kappa shape index (κ3) is 2.39. The largest absolute Gasteiger partial charge is 0.399 e. The molecule has 0 spiro atoms. The molecule has 3 rings (SSSR count). The molecule has 3 heteroatoms. The third-order valence-corrected chi connectivity index (χ3v) is 5.58. The van der Waals surface area contributed by atoms with Crippen LogP contribution < -0.4 is 5.73 Å². The Kier molecular flexibility index (Phi) is 3.29. The minimum Gasteiger partial charge on any atom is -0.399 e. The molecule has 1 saturated heterocycles. The van der Waals surface area contributed by atoms with Crippen molar-refractivity contribution in [3.05, 3.63) is 29.8 Å². The molecular formula is C15H22N2S. The maximum atomic E-state index is 5.78. The van der Waals surface area contributed by atoms with Crippen LogP contribution in [0.3, 0.4) is 0 Å². The zero-order valence-electron chi connectivity index (χ0n) is 11.1. The number of hydrogen-bond acceptors (Lipinski definition) is 3. The van der Waals surface area contributed by atoms with E-state index in [1.165, 1.54) is 43.0 Å². The number of rotatable bonds is 3. The molecule has 2 fully saturated rings. The smallest absolute Gasteiger partial charge is 0.0314 e.